The van der Waals surface area contributed by atoms with Crippen LogP contribution in [0.4, 0.5) is 4.39 Å². The van der Waals surface area contributed by atoms with E-state index in [1.807, 2.05) is 6.07 Å². The van der Waals surface area contributed by atoms with E-state index in [0.717, 1.165) is 0 Å². The van der Waals surface area contributed by atoms with Crippen LogP contribution in [-0.4, -0.2) is 9.97 Å². The minimum atomic E-state index is -0.284. The molecule has 17 heavy (non-hydrogen) atoms. The molecule has 0 aliphatic heterocycles. The monoisotopic (exact) mass is 247 g/mol. The van der Waals surface area contributed by atoms with Gasteiger partial charge in [0.25, 0.3) is 0 Å². The molecule has 0 N–H and O–H groups in total. The molecule has 1 aromatic heterocycles. The Morgan fingerprint density at radius 2 is 2.18 bits per heavy atom. The lowest BCUT2D eigenvalue weighted by atomic mass is 10.1. The molecule has 0 saturated heterocycles. The van der Waals surface area contributed by atoms with Crippen LogP contribution in [-0.2, 0) is 0 Å². The smallest absolute Gasteiger partial charge is 0.160 e. The topological polar surface area (TPSA) is 49.6 Å². The van der Waals surface area contributed by atoms with Crippen LogP contribution in [0.15, 0.2) is 24.4 Å². The molecule has 0 amide bonds. The molecule has 0 atom stereocenters. The van der Waals surface area contributed by atoms with Crippen molar-refractivity contribution in [3.63, 3.8) is 0 Å². The number of nitriles is 1. The lowest BCUT2D eigenvalue weighted by Crippen LogP contribution is -1.93. The molecule has 0 bridgehead atoms. The summed E-state index contributed by atoms with van der Waals surface area (Å²) in [7, 11) is 0. The van der Waals surface area contributed by atoms with Crippen molar-refractivity contribution in [1.29, 1.82) is 5.26 Å². The normalized spacial score (nSPS) is 10.0. The van der Waals surface area contributed by atoms with Gasteiger partial charge in [0.1, 0.15) is 17.4 Å². The van der Waals surface area contributed by atoms with E-state index >= 15 is 0 Å². The number of rotatable bonds is 1. The third kappa shape index (κ3) is 2.24. The number of nitrogens with zero attached hydrogens (tertiary/aromatic N) is 3. The van der Waals surface area contributed by atoms with Gasteiger partial charge in [-0.15, -0.1) is 0 Å². The molecule has 84 valence electrons. The van der Waals surface area contributed by atoms with Crippen molar-refractivity contribution >= 4 is 11.6 Å². The van der Waals surface area contributed by atoms with Gasteiger partial charge < -0.3 is 0 Å². The molecular formula is C12H7ClFN3. The van der Waals surface area contributed by atoms with Crippen molar-refractivity contribution < 1.29 is 4.39 Å². The molecule has 1 aromatic carbocycles. The summed E-state index contributed by atoms with van der Waals surface area (Å²) < 4.78 is 13.1. The first-order chi connectivity index (χ1) is 8.11. The molecule has 0 fully saturated rings. The van der Waals surface area contributed by atoms with Crippen molar-refractivity contribution in [3.05, 3.63) is 46.5 Å². The Hall–Kier alpha value is -1.99. The quantitative estimate of drug-likeness (QED) is 0.728. The molecule has 1 heterocycles. The summed E-state index contributed by atoms with van der Waals surface area (Å²) in [6.07, 6.45) is 1.35. The maximum Gasteiger partial charge on any atom is 0.160 e. The summed E-state index contributed by atoms with van der Waals surface area (Å²) in [6, 6.07) is 6.43. The number of halogens is 2. The molecule has 0 saturated carbocycles. The lowest BCUT2D eigenvalue weighted by Gasteiger charge is -2.03. The number of aryl methyl sites for hydroxylation is 1. The minimum absolute atomic E-state index is 0.0967. The average molecular weight is 248 g/mol. The van der Waals surface area contributed by atoms with Crippen molar-refractivity contribution in [1.82, 2.24) is 9.97 Å². The molecule has 0 radical (unpaired) electrons. The molecule has 2 aromatic rings. The Bertz CT molecular complexity index is 620. The average Bonchev–Trinajstić information content (AvgIpc) is 2.32. The van der Waals surface area contributed by atoms with Gasteiger partial charge in [-0.3, -0.25) is 0 Å². The van der Waals surface area contributed by atoms with Gasteiger partial charge in [-0.2, -0.15) is 5.26 Å². The van der Waals surface area contributed by atoms with E-state index in [2.05, 4.69) is 9.97 Å². The summed E-state index contributed by atoms with van der Waals surface area (Å²) >= 11 is 5.80. The zero-order valence-electron chi connectivity index (χ0n) is 8.91. The first-order valence-electron chi connectivity index (χ1n) is 4.81. The van der Waals surface area contributed by atoms with Gasteiger partial charge in [-0.05, 0) is 30.7 Å². The van der Waals surface area contributed by atoms with Crippen LogP contribution >= 0.6 is 11.6 Å². The van der Waals surface area contributed by atoms with Crippen LogP contribution in [0.5, 0.6) is 0 Å². The molecule has 5 heteroatoms. The number of benzene rings is 1. The van der Waals surface area contributed by atoms with Gasteiger partial charge in [0.05, 0.1) is 6.20 Å². The van der Waals surface area contributed by atoms with Gasteiger partial charge in [0.15, 0.2) is 11.0 Å². The molecular weight excluding hydrogens is 241 g/mol. The summed E-state index contributed by atoms with van der Waals surface area (Å²) in [5.74, 6) is 0.0885. The molecule has 0 aliphatic carbocycles. The van der Waals surface area contributed by atoms with Crippen LogP contribution in [0.2, 0.25) is 5.15 Å². The van der Waals surface area contributed by atoms with Crippen LogP contribution in [0, 0.1) is 24.1 Å². The summed E-state index contributed by atoms with van der Waals surface area (Å²) in [4.78, 5) is 8.01. The van der Waals surface area contributed by atoms with E-state index in [1.165, 1.54) is 12.3 Å². The Morgan fingerprint density at radius 1 is 1.41 bits per heavy atom. The highest BCUT2D eigenvalue weighted by molar-refractivity contribution is 6.30. The van der Waals surface area contributed by atoms with Crippen molar-refractivity contribution in [2.24, 2.45) is 0 Å². The second kappa shape index (κ2) is 4.48. The second-order valence-corrected chi connectivity index (χ2v) is 3.83. The van der Waals surface area contributed by atoms with E-state index in [9.17, 15) is 4.39 Å². The van der Waals surface area contributed by atoms with Crippen LogP contribution in [0.3, 0.4) is 0 Å². The predicted octanol–water partition coefficient (Wildman–Crippen LogP) is 3.12. The zero-order valence-corrected chi connectivity index (χ0v) is 9.66. The Kier molecular flexibility index (Phi) is 3.03. The highest BCUT2D eigenvalue weighted by Gasteiger charge is 2.07. The van der Waals surface area contributed by atoms with Gasteiger partial charge in [0, 0.05) is 5.56 Å². The number of hydrogen-bond donors (Lipinski definition) is 0. The Balaban J connectivity index is 2.50. The highest BCUT2D eigenvalue weighted by atomic mass is 35.5. The SMILES string of the molecule is Cc1cc(-c2ncc(C#N)c(Cl)n2)ccc1F. The van der Waals surface area contributed by atoms with Crippen molar-refractivity contribution in [3.8, 4) is 17.5 Å². The summed E-state index contributed by atoms with van der Waals surface area (Å²) in [5, 5.41) is 8.79. The van der Waals surface area contributed by atoms with Gasteiger partial charge in [-0.1, -0.05) is 11.6 Å². The van der Waals surface area contributed by atoms with Gasteiger partial charge >= 0.3 is 0 Å². The van der Waals surface area contributed by atoms with Crippen LogP contribution in [0.25, 0.3) is 11.4 Å². The fourth-order valence-corrected chi connectivity index (χ4v) is 1.53. The minimum Gasteiger partial charge on any atom is -0.235 e. The first kappa shape index (κ1) is 11.5. The maximum atomic E-state index is 13.1. The van der Waals surface area contributed by atoms with Crippen molar-refractivity contribution in [2.45, 2.75) is 6.92 Å². The van der Waals surface area contributed by atoms with E-state index < -0.39 is 0 Å². The van der Waals surface area contributed by atoms with Gasteiger partial charge in [-0.25, -0.2) is 14.4 Å². The van der Waals surface area contributed by atoms with E-state index in [0.29, 0.717) is 17.0 Å². The molecule has 3 nitrogen and oxygen atoms in total. The maximum absolute atomic E-state index is 13.1. The van der Waals surface area contributed by atoms with Crippen LogP contribution < -0.4 is 0 Å². The Labute approximate surface area is 103 Å². The molecule has 0 spiro atoms. The second-order valence-electron chi connectivity index (χ2n) is 3.47. The largest absolute Gasteiger partial charge is 0.235 e. The fraction of sp³-hybridized carbons (Fsp3) is 0.0833. The summed E-state index contributed by atoms with van der Waals surface area (Å²) in [5.41, 5.74) is 1.39. The van der Waals surface area contributed by atoms with E-state index in [-0.39, 0.29) is 16.5 Å². The number of aromatic nitrogens is 2. The lowest BCUT2D eigenvalue weighted by molar-refractivity contribution is 0.618. The van der Waals surface area contributed by atoms with E-state index in [4.69, 9.17) is 16.9 Å². The van der Waals surface area contributed by atoms with Crippen LogP contribution in [0.1, 0.15) is 11.1 Å². The third-order valence-corrected chi connectivity index (χ3v) is 2.57. The third-order valence-electron chi connectivity index (χ3n) is 2.28. The van der Waals surface area contributed by atoms with E-state index in [1.54, 1.807) is 19.1 Å². The standard InChI is InChI=1S/C12H7ClFN3/c1-7-4-8(2-3-10(7)14)12-16-6-9(5-15)11(13)17-12/h2-4,6H,1H3. The highest BCUT2D eigenvalue weighted by Crippen LogP contribution is 2.21. The zero-order chi connectivity index (χ0) is 12.4. The van der Waals surface area contributed by atoms with Gasteiger partial charge in [0.2, 0.25) is 0 Å². The molecule has 0 unspecified atom stereocenters. The first-order valence-corrected chi connectivity index (χ1v) is 5.19. The number of hydrogen-bond acceptors (Lipinski definition) is 3. The predicted molar refractivity (Wildman–Crippen MR) is 61.9 cm³/mol. The summed E-state index contributed by atoms with van der Waals surface area (Å²) in [6.45, 7) is 1.66. The van der Waals surface area contributed by atoms with Crippen molar-refractivity contribution in [2.75, 3.05) is 0 Å². The Morgan fingerprint density at radius 3 is 2.76 bits per heavy atom. The molecule has 0 aliphatic rings. The fourth-order valence-electron chi connectivity index (χ4n) is 1.36. The molecule has 2 rings (SSSR count).